The largest absolute Gasteiger partial charge is 0.426 e. The summed E-state index contributed by atoms with van der Waals surface area (Å²) in [6, 6.07) is 13.5. The second-order valence-corrected chi connectivity index (χ2v) is 18.6. The lowest BCUT2D eigenvalue weighted by molar-refractivity contribution is 0.375. The highest BCUT2D eigenvalue weighted by molar-refractivity contribution is 7.39. The molecule has 0 aromatic heterocycles. The molecule has 4 heteroatoms. The fraction of sp³-hybridized carbons (Fsp3) is 0.550. The molecule has 0 heterocycles. The molecular weight excluding hydrogens is 559 g/mol. The number of hydrogen-bond donors (Lipinski definition) is 2. The molecule has 0 atom stereocenters. The van der Waals surface area contributed by atoms with Crippen molar-refractivity contribution in [3.63, 3.8) is 0 Å². The Kier molecular flexibility index (Phi) is 9.79. The van der Waals surface area contributed by atoms with Crippen molar-refractivity contribution < 1.29 is 14.3 Å². The Morgan fingerprint density at radius 3 is 1.14 bits per heavy atom. The summed E-state index contributed by atoms with van der Waals surface area (Å²) in [5.74, 6) is 0.500. The maximum atomic E-state index is 10.3. The molecule has 0 fully saturated rings. The first-order chi connectivity index (χ1) is 19.7. The predicted molar refractivity (Wildman–Crippen MR) is 192 cm³/mol. The summed E-state index contributed by atoms with van der Waals surface area (Å²) in [7, 11) is -2.63. The fourth-order valence-corrected chi connectivity index (χ4v) is 6.50. The molecule has 0 aliphatic carbocycles. The van der Waals surface area contributed by atoms with E-state index in [1.165, 1.54) is 38.9 Å². The van der Waals surface area contributed by atoms with Gasteiger partial charge < -0.3 is 14.3 Å². The fourth-order valence-electron chi connectivity index (χ4n) is 6.17. The van der Waals surface area contributed by atoms with Gasteiger partial charge in [-0.25, -0.2) is 0 Å². The Bertz CT molecular complexity index is 1530. The molecule has 3 aromatic carbocycles. The van der Waals surface area contributed by atoms with Gasteiger partial charge in [-0.3, -0.25) is 0 Å². The Balaban J connectivity index is 2.79. The summed E-state index contributed by atoms with van der Waals surface area (Å²) in [5.41, 5.74) is 12.5. The first-order valence-corrected chi connectivity index (χ1v) is 17.2. The minimum absolute atomic E-state index is 0.00761. The van der Waals surface area contributed by atoms with E-state index >= 15 is 0 Å². The standard InChI is InChI=1S/C40H59O3P/c1-24-20-26(36(3,4)5)22-29(39(12,13)14)32(24)34-28(38(9,10)11)18-19-31(43-44(41)42)35(34)33-25(2)21-27(37(6,7)8)23-30(33)40(15,16)17/h18-23,41-42H,1-17H3. The highest BCUT2D eigenvalue weighted by atomic mass is 31.2. The highest BCUT2D eigenvalue weighted by Gasteiger charge is 2.34. The normalized spacial score (nSPS) is 13.5. The van der Waals surface area contributed by atoms with E-state index < -0.39 is 8.60 Å². The minimum Gasteiger partial charge on any atom is -0.426 e. The maximum Gasteiger partial charge on any atom is 0.391 e. The van der Waals surface area contributed by atoms with E-state index in [9.17, 15) is 9.79 Å². The van der Waals surface area contributed by atoms with E-state index in [0.29, 0.717) is 5.75 Å². The highest BCUT2D eigenvalue weighted by Crippen LogP contribution is 2.54. The number of hydrogen-bond acceptors (Lipinski definition) is 3. The molecule has 0 spiro atoms. The Labute approximate surface area is 270 Å². The maximum absolute atomic E-state index is 10.3. The van der Waals surface area contributed by atoms with Gasteiger partial charge in [0.05, 0.1) is 0 Å². The lowest BCUT2D eigenvalue weighted by atomic mass is 9.69. The molecule has 0 radical (unpaired) electrons. The van der Waals surface area contributed by atoms with E-state index in [4.69, 9.17) is 4.52 Å². The van der Waals surface area contributed by atoms with Gasteiger partial charge in [0.25, 0.3) is 0 Å². The van der Waals surface area contributed by atoms with Crippen LogP contribution in [0.25, 0.3) is 22.3 Å². The molecule has 3 rings (SSSR count). The van der Waals surface area contributed by atoms with Gasteiger partial charge in [-0.1, -0.05) is 134 Å². The second kappa shape index (κ2) is 11.9. The van der Waals surface area contributed by atoms with Crippen molar-refractivity contribution in [2.24, 2.45) is 0 Å². The average molecular weight is 619 g/mol. The van der Waals surface area contributed by atoms with Gasteiger partial charge in [0.15, 0.2) is 0 Å². The van der Waals surface area contributed by atoms with Crippen LogP contribution in [-0.2, 0) is 27.1 Å². The Hall–Kier alpha value is -2.19. The number of aryl methyl sites for hydroxylation is 2. The monoisotopic (exact) mass is 618 g/mol. The van der Waals surface area contributed by atoms with Gasteiger partial charge in [-0.15, -0.1) is 0 Å². The van der Waals surface area contributed by atoms with Crippen molar-refractivity contribution in [3.8, 4) is 28.0 Å². The minimum atomic E-state index is -2.63. The van der Waals surface area contributed by atoms with Crippen molar-refractivity contribution in [2.45, 2.75) is 145 Å². The third kappa shape index (κ3) is 7.60. The number of benzene rings is 3. The predicted octanol–water partition coefficient (Wildman–Crippen LogP) is 11.7. The van der Waals surface area contributed by atoms with Gasteiger partial charge in [0.2, 0.25) is 0 Å². The van der Waals surface area contributed by atoms with E-state index in [-0.39, 0.29) is 27.1 Å². The van der Waals surface area contributed by atoms with Crippen LogP contribution in [0.5, 0.6) is 5.75 Å². The Morgan fingerprint density at radius 2 is 0.818 bits per heavy atom. The molecule has 0 amide bonds. The molecule has 0 saturated carbocycles. The molecule has 242 valence electrons. The Morgan fingerprint density at radius 1 is 0.455 bits per heavy atom. The summed E-state index contributed by atoms with van der Waals surface area (Å²) < 4.78 is 5.97. The van der Waals surface area contributed by atoms with E-state index in [2.05, 4.69) is 148 Å². The third-order valence-electron chi connectivity index (χ3n) is 8.67. The second-order valence-electron chi connectivity index (χ2n) is 17.9. The van der Waals surface area contributed by atoms with Gasteiger partial charge in [0, 0.05) is 5.56 Å². The first-order valence-electron chi connectivity index (χ1n) is 16.0. The molecule has 0 unspecified atom stereocenters. The van der Waals surface area contributed by atoms with Crippen LogP contribution >= 0.6 is 8.60 Å². The first kappa shape index (κ1) is 36.3. The zero-order chi connectivity index (χ0) is 34.0. The molecule has 2 N–H and O–H groups in total. The summed E-state index contributed by atoms with van der Waals surface area (Å²) >= 11 is 0. The quantitative estimate of drug-likeness (QED) is 0.286. The van der Waals surface area contributed by atoms with Crippen LogP contribution in [0.2, 0.25) is 0 Å². The van der Waals surface area contributed by atoms with E-state index in [1.807, 2.05) is 6.07 Å². The van der Waals surface area contributed by atoms with Crippen LogP contribution in [0.3, 0.4) is 0 Å². The third-order valence-corrected chi connectivity index (χ3v) is 9.03. The van der Waals surface area contributed by atoms with Crippen LogP contribution in [0.1, 0.15) is 143 Å². The summed E-state index contributed by atoms with van der Waals surface area (Å²) in [6.45, 7) is 38.5. The lowest BCUT2D eigenvalue weighted by Crippen LogP contribution is -2.21. The topological polar surface area (TPSA) is 49.7 Å². The van der Waals surface area contributed by atoms with Crippen LogP contribution in [0.4, 0.5) is 0 Å². The lowest BCUT2D eigenvalue weighted by Gasteiger charge is -2.35. The summed E-state index contributed by atoms with van der Waals surface area (Å²) in [5, 5.41) is 0. The molecular formula is C40H59O3P. The van der Waals surface area contributed by atoms with Crippen molar-refractivity contribution in [1.82, 2.24) is 0 Å². The van der Waals surface area contributed by atoms with Gasteiger partial charge in [-0.05, 0) is 103 Å². The van der Waals surface area contributed by atoms with Crippen molar-refractivity contribution in [3.05, 3.63) is 75.3 Å². The molecule has 0 bridgehead atoms. The molecule has 0 aliphatic rings. The summed E-state index contributed by atoms with van der Waals surface area (Å²) in [4.78, 5) is 20.6. The van der Waals surface area contributed by atoms with Crippen LogP contribution in [0, 0.1) is 13.8 Å². The van der Waals surface area contributed by atoms with Gasteiger partial charge in [-0.2, -0.15) is 0 Å². The molecule has 3 aromatic rings. The van der Waals surface area contributed by atoms with Gasteiger partial charge in [0.1, 0.15) is 5.75 Å². The number of rotatable bonds is 4. The van der Waals surface area contributed by atoms with Crippen molar-refractivity contribution in [2.75, 3.05) is 0 Å². The van der Waals surface area contributed by atoms with E-state index in [1.54, 1.807) is 0 Å². The zero-order valence-electron chi connectivity index (χ0n) is 30.7. The SMILES string of the molecule is Cc1cc(C(C)(C)C)cc(C(C)(C)C)c1-c1c(OP(O)O)ccc(C(C)(C)C)c1-c1c(C)cc(C(C)(C)C)cc1C(C)(C)C. The van der Waals surface area contributed by atoms with Crippen molar-refractivity contribution >= 4 is 8.60 Å². The zero-order valence-corrected chi connectivity index (χ0v) is 31.6. The molecule has 0 saturated heterocycles. The smallest absolute Gasteiger partial charge is 0.391 e. The summed E-state index contributed by atoms with van der Waals surface area (Å²) in [6.07, 6.45) is 0. The van der Waals surface area contributed by atoms with Gasteiger partial charge >= 0.3 is 8.60 Å². The van der Waals surface area contributed by atoms with Crippen molar-refractivity contribution in [1.29, 1.82) is 0 Å². The average Bonchev–Trinajstić information content (AvgIpc) is 2.79. The molecule has 3 nitrogen and oxygen atoms in total. The molecule has 44 heavy (non-hydrogen) atoms. The molecule has 0 aliphatic heterocycles. The van der Waals surface area contributed by atoms with Crippen LogP contribution in [-0.4, -0.2) is 9.79 Å². The van der Waals surface area contributed by atoms with Crippen LogP contribution in [0.15, 0.2) is 36.4 Å². The van der Waals surface area contributed by atoms with E-state index in [0.717, 1.165) is 22.3 Å². The van der Waals surface area contributed by atoms with Crippen LogP contribution < -0.4 is 4.52 Å².